The number of rotatable bonds is 7. The highest BCUT2D eigenvalue weighted by Gasteiger charge is 2.31. The number of nitro groups is 1. The van der Waals surface area contributed by atoms with Gasteiger partial charge in [0.25, 0.3) is 5.69 Å². The van der Waals surface area contributed by atoms with Crippen LogP contribution in [-0.2, 0) is 14.3 Å². The second kappa shape index (κ2) is 11.1. The summed E-state index contributed by atoms with van der Waals surface area (Å²) in [5.41, 5.74) is 1.63. The summed E-state index contributed by atoms with van der Waals surface area (Å²) in [6.07, 6.45) is 2.86. The molecule has 1 heterocycles. The van der Waals surface area contributed by atoms with Crippen LogP contribution >= 0.6 is 11.8 Å². The van der Waals surface area contributed by atoms with Crippen LogP contribution < -0.4 is 5.32 Å². The first-order valence-electron chi connectivity index (χ1n) is 10.6. The number of piperazine rings is 1. The van der Waals surface area contributed by atoms with Crippen molar-refractivity contribution in [1.29, 1.82) is 0 Å². The van der Waals surface area contributed by atoms with E-state index < -0.39 is 16.9 Å². The summed E-state index contributed by atoms with van der Waals surface area (Å²) in [6, 6.07) is 12.1. The van der Waals surface area contributed by atoms with Gasteiger partial charge in [-0.3, -0.25) is 14.9 Å². The predicted molar refractivity (Wildman–Crippen MR) is 127 cm³/mol. The predicted octanol–water partition coefficient (Wildman–Crippen LogP) is 3.86. The van der Waals surface area contributed by atoms with Crippen LogP contribution in [0.15, 0.2) is 58.3 Å². The molecule has 1 atom stereocenters. The van der Waals surface area contributed by atoms with Gasteiger partial charge in [-0.2, -0.15) is 0 Å². The first kappa shape index (κ1) is 24.5. The van der Waals surface area contributed by atoms with Gasteiger partial charge in [0, 0.05) is 36.7 Å². The number of ether oxygens (including phenoxy) is 1. The molecule has 1 saturated heterocycles. The minimum absolute atomic E-state index is 0.0252. The molecule has 0 aliphatic carbocycles. The molecule has 1 N–H and O–H groups in total. The first-order chi connectivity index (χ1) is 15.8. The van der Waals surface area contributed by atoms with Gasteiger partial charge in [0.05, 0.1) is 16.9 Å². The number of carbonyl (C=O) groups excluding carboxylic acids is 2. The van der Waals surface area contributed by atoms with Crippen LogP contribution in [0, 0.1) is 10.1 Å². The molecule has 1 unspecified atom stereocenters. The highest BCUT2D eigenvalue weighted by atomic mass is 32.2. The number of methoxy groups -OCH3 is 1. The summed E-state index contributed by atoms with van der Waals surface area (Å²) in [6.45, 7) is 5.43. The molecule has 1 aliphatic heterocycles. The SMILES string of the molecule is COC(=O)C1CNCCN1C(=O)/C=C/c1ccc(Sc2ccccc2C(C)C)c([N+](=O)[O-])c1. The number of carbonyl (C=O) groups is 2. The van der Waals surface area contributed by atoms with Crippen molar-refractivity contribution in [3.63, 3.8) is 0 Å². The summed E-state index contributed by atoms with van der Waals surface area (Å²) < 4.78 is 4.79. The Bertz CT molecular complexity index is 1070. The van der Waals surface area contributed by atoms with E-state index in [4.69, 9.17) is 4.74 Å². The fourth-order valence-corrected chi connectivity index (χ4v) is 4.79. The summed E-state index contributed by atoms with van der Waals surface area (Å²) in [5, 5.41) is 14.8. The molecule has 1 amide bonds. The largest absolute Gasteiger partial charge is 0.467 e. The maximum atomic E-state index is 12.7. The minimum Gasteiger partial charge on any atom is -0.467 e. The van der Waals surface area contributed by atoms with Crippen molar-refractivity contribution in [1.82, 2.24) is 10.2 Å². The summed E-state index contributed by atoms with van der Waals surface area (Å²) >= 11 is 1.36. The van der Waals surface area contributed by atoms with Gasteiger partial charge >= 0.3 is 5.97 Å². The monoisotopic (exact) mass is 469 g/mol. The van der Waals surface area contributed by atoms with Crippen molar-refractivity contribution in [2.45, 2.75) is 35.6 Å². The fraction of sp³-hybridized carbons (Fsp3) is 0.333. The average molecular weight is 470 g/mol. The number of hydrogen-bond donors (Lipinski definition) is 1. The third kappa shape index (κ3) is 6.00. The van der Waals surface area contributed by atoms with E-state index in [0.717, 1.165) is 10.5 Å². The highest BCUT2D eigenvalue weighted by Crippen LogP contribution is 2.39. The number of nitro benzene ring substituents is 1. The third-order valence-corrected chi connectivity index (χ3v) is 6.52. The Kier molecular flexibility index (Phi) is 8.24. The Labute approximate surface area is 197 Å². The molecule has 3 rings (SSSR count). The van der Waals surface area contributed by atoms with E-state index in [2.05, 4.69) is 19.2 Å². The summed E-state index contributed by atoms with van der Waals surface area (Å²) in [7, 11) is 1.29. The van der Waals surface area contributed by atoms with Gasteiger partial charge in [-0.25, -0.2) is 4.79 Å². The number of nitrogens with zero attached hydrogens (tertiary/aromatic N) is 2. The Hall–Kier alpha value is -3.17. The Morgan fingerprint density at radius 3 is 2.70 bits per heavy atom. The second-order valence-electron chi connectivity index (χ2n) is 7.89. The zero-order chi connectivity index (χ0) is 24.0. The van der Waals surface area contributed by atoms with Crippen LogP contribution in [0.5, 0.6) is 0 Å². The standard InChI is InChI=1S/C24H27N3O5S/c1-16(2)18-6-4-5-7-21(18)33-22-10-8-17(14-19(22)27(30)31)9-11-23(28)26-13-12-25-15-20(26)24(29)32-3/h4-11,14,16,20,25H,12-13,15H2,1-3H3/b11-9+. The van der Waals surface area contributed by atoms with Gasteiger partial charge in [0.15, 0.2) is 0 Å². The lowest BCUT2D eigenvalue weighted by atomic mass is 10.0. The second-order valence-corrected chi connectivity index (χ2v) is 8.97. The van der Waals surface area contributed by atoms with Gasteiger partial charge in [0.2, 0.25) is 5.91 Å². The Balaban J connectivity index is 1.82. The van der Waals surface area contributed by atoms with Gasteiger partial charge in [-0.15, -0.1) is 0 Å². The average Bonchev–Trinajstić information content (AvgIpc) is 2.82. The number of hydrogen-bond acceptors (Lipinski definition) is 7. The van der Waals surface area contributed by atoms with E-state index in [0.29, 0.717) is 36.0 Å². The molecule has 8 nitrogen and oxygen atoms in total. The van der Waals surface area contributed by atoms with Gasteiger partial charge in [-0.05, 0) is 35.3 Å². The molecule has 33 heavy (non-hydrogen) atoms. The molecule has 2 aromatic rings. The third-order valence-electron chi connectivity index (χ3n) is 5.36. The van der Waals surface area contributed by atoms with Crippen molar-refractivity contribution in [2.75, 3.05) is 26.7 Å². The van der Waals surface area contributed by atoms with E-state index in [1.807, 2.05) is 24.3 Å². The van der Waals surface area contributed by atoms with E-state index in [9.17, 15) is 19.7 Å². The van der Waals surface area contributed by atoms with E-state index >= 15 is 0 Å². The molecule has 0 radical (unpaired) electrons. The highest BCUT2D eigenvalue weighted by molar-refractivity contribution is 7.99. The number of nitrogens with one attached hydrogen (secondary N) is 1. The molecule has 0 spiro atoms. The maximum absolute atomic E-state index is 12.7. The molecule has 2 aromatic carbocycles. The molecular formula is C24H27N3O5S. The van der Waals surface area contributed by atoms with Crippen molar-refractivity contribution in [3.8, 4) is 0 Å². The number of amides is 1. The molecule has 0 aromatic heterocycles. The van der Waals surface area contributed by atoms with Crippen molar-refractivity contribution < 1.29 is 19.2 Å². The van der Waals surface area contributed by atoms with Crippen molar-refractivity contribution >= 4 is 35.4 Å². The zero-order valence-electron chi connectivity index (χ0n) is 18.8. The first-order valence-corrected chi connectivity index (χ1v) is 11.5. The lowest BCUT2D eigenvalue weighted by Crippen LogP contribution is -2.56. The zero-order valence-corrected chi connectivity index (χ0v) is 19.6. The van der Waals surface area contributed by atoms with E-state index in [1.54, 1.807) is 12.1 Å². The topological polar surface area (TPSA) is 102 Å². The van der Waals surface area contributed by atoms with Crippen LogP contribution in [0.4, 0.5) is 5.69 Å². The maximum Gasteiger partial charge on any atom is 0.329 e. The Morgan fingerprint density at radius 1 is 1.24 bits per heavy atom. The van der Waals surface area contributed by atoms with Gasteiger partial charge < -0.3 is 15.0 Å². The molecule has 1 fully saturated rings. The lowest BCUT2D eigenvalue weighted by molar-refractivity contribution is -0.387. The molecular weight excluding hydrogens is 442 g/mol. The minimum atomic E-state index is -0.699. The number of benzene rings is 2. The quantitative estimate of drug-likeness (QED) is 0.284. The van der Waals surface area contributed by atoms with Gasteiger partial charge in [-0.1, -0.05) is 49.9 Å². The molecule has 1 aliphatic rings. The summed E-state index contributed by atoms with van der Waals surface area (Å²) in [4.78, 5) is 39.0. The van der Waals surface area contributed by atoms with Crippen molar-refractivity contribution in [3.05, 3.63) is 69.8 Å². The van der Waals surface area contributed by atoms with E-state index in [-0.39, 0.29) is 11.6 Å². The molecule has 9 heteroatoms. The fourth-order valence-electron chi connectivity index (χ4n) is 3.61. The number of esters is 1. The lowest BCUT2D eigenvalue weighted by Gasteiger charge is -2.33. The van der Waals surface area contributed by atoms with Crippen LogP contribution in [0.1, 0.15) is 30.9 Å². The smallest absolute Gasteiger partial charge is 0.329 e. The summed E-state index contributed by atoms with van der Waals surface area (Å²) in [5.74, 6) is -0.540. The molecule has 0 saturated carbocycles. The van der Waals surface area contributed by atoms with Crippen LogP contribution in [0.2, 0.25) is 0 Å². The van der Waals surface area contributed by atoms with Crippen molar-refractivity contribution in [2.24, 2.45) is 0 Å². The van der Waals surface area contributed by atoms with Gasteiger partial charge in [0.1, 0.15) is 6.04 Å². The normalized spacial score (nSPS) is 16.2. The van der Waals surface area contributed by atoms with Crippen LogP contribution in [0.3, 0.4) is 0 Å². The van der Waals surface area contributed by atoms with Crippen LogP contribution in [0.25, 0.3) is 6.08 Å². The van der Waals surface area contributed by atoms with Crippen LogP contribution in [-0.4, -0.2) is 54.5 Å². The van der Waals surface area contributed by atoms with E-state index in [1.165, 1.54) is 42.0 Å². The molecule has 174 valence electrons. The molecule has 0 bridgehead atoms. The Morgan fingerprint density at radius 2 is 2.00 bits per heavy atom.